The molecule has 0 aromatic carbocycles. The fourth-order valence-electron chi connectivity index (χ4n) is 1.19. The summed E-state index contributed by atoms with van der Waals surface area (Å²) in [6.45, 7) is 1.97. The minimum atomic E-state index is -0.545. The molecule has 0 saturated heterocycles. The van der Waals surface area contributed by atoms with Gasteiger partial charge >= 0.3 is 5.97 Å². The van der Waals surface area contributed by atoms with Crippen molar-refractivity contribution < 1.29 is 9.53 Å². The smallest absolute Gasteiger partial charge is 0.343 e. The molecule has 0 saturated carbocycles. The van der Waals surface area contributed by atoms with Crippen molar-refractivity contribution in [3.63, 3.8) is 0 Å². The van der Waals surface area contributed by atoms with E-state index >= 15 is 0 Å². The molecule has 0 aliphatic carbocycles. The standard InChI is InChI=1S/C9H10N6O2/c1-2-17-9(16)5-3-11-8(13-7(5)10)6-4-12-15-14-6/h3-4H,2H2,1H3,(H2,10,11,13)(H,12,14,15). The summed E-state index contributed by atoms with van der Waals surface area (Å²) in [7, 11) is 0. The highest BCUT2D eigenvalue weighted by Gasteiger charge is 2.14. The summed E-state index contributed by atoms with van der Waals surface area (Å²) >= 11 is 0. The Bertz CT molecular complexity index is 524. The highest BCUT2D eigenvalue weighted by atomic mass is 16.5. The second-order valence-electron chi connectivity index (χ2n) is 3.07. The molecule has 17 heavy (non-hydrogen) atoms. The lowest BCUT2D eigenvalue weighted by Crippen LogP contribution is -2.10. The van der Waals surface area contributed by atoms with Gasteiger partial charge in [0.25, 0.3) is 0 Å². The van der Waals surface area contributed by atoms with E-state index in [1.165, 1.54) is 12.4 Å². The fraction of sp³-hybridized carbons (Fsp3) is 0.222. The first-order valence-corrected chi connectivity index (χ1v) is 4.88. The Labute approximate surface area is 96.2 Å². The maximum absolute atomic E-state index is 11.4. The third kappa shape index (κ3) is 2.19. The van der Waals surface area contributed by atoms with E-state index in [0.29, 0.717) is 11.5 Å². The van der Waals surface area contributed by atoms with Crippen LogP contribution in [0.25, 0.3) is 11.5 Å². The third-order valence-corrected chi connectivity index (χ3v) is 1.96. The predicted octanol–water partition coefficient (Wildman–Crippen LogP) is 0.0206. The van der Waals surface area contributed by atoms with Crippen molar-refractivity contribution in [3.8, 4) is 11.5 Å². The van der Waals surface area contributed by atoms with Crippen molar-refractivity contribution in [3.05, 3.63) is 18.0 Å². The lowest BCUT2D eigenvalue weighted by Gasteiger charge is -2.04. The zero-order valence-corrected chi connectivity index (χ0v) is 9.04. The van der Waals surface area contributed by atoms with Crippen molar-refractivity contribution in [1.29, 1.82) is 0 Å². The minimum absolute atomic E-state index is 0.0523. The van der Waals surface area contributed by atoms with Gasteiger partial charge in [0.2, 0.25) is 0 Å². The maximum atomic E-state index is 11.4. The van der Waals surface area contributed by atoms with Crippen molar-refractivity contribution in [2.24, 2.45) is 0 Å². The van der Waals surface area contributed by atoms with Crippen LogP contribution in [0.15, 0.2) is 12.4 Å². The molecule has 0 aliphatic heterocycles. The highest BCUT2D eigenvalue weighted by Crippen LogP contribution is 2.14. The second kappa shape index (κ2) is 4.56. The predicted molar refractivity (Wildman–Crippen MR) is 57.8 cm³/mol. The van der Waals surface area contributed by atoms with Crippen molar-refractivity contribution in [2.45, 2.75) is 6.92 Å². The van der Waals surface area contributed by atoms with Gasteiger partial charge in [0, 0.05) is 6.20 Å². The Morgan fingerprint density at radius 1 is 1.53 bits per heavy atom. The second-order valence-corrected chi connectivity index (χ2v) is 3.07. The molecule has 2 aromatic rings. The molecule has 0 amide bonds. The number of nitrogen functional groups attached to an aromatic ring is 1. The molecule has 0 atom stereocenters. The number of hydrogen-bond acceptors (Lipinski definition) is 7. The molecule has 0 unspecified atom stereocenters. The number of carbonyl (C=O) groups excluding carboxylic acids is 1. The van der Waals surface area contributed by atoms with Crippen LogP contribution in [0, 0.1) is 0 Å². The van der Waals surface area contributed by atoms with E-state index in [9.17, 15) is 4.79 Å². The molecule has 0 bridgehead atoms. The molecule has 3 N–H and O–H groups in total. The van der Waals surface area contributed by atoms with Crippen molar-refractivity contribution in [1.82, 2.24) is 25.4 Å². The van der Waals surface area contributed by atoms with Crippen LogP contribution >= 0.6 is 0 Å². The molecule has 88 valence electrons. The van der Waals surface area contributed by atoms with Crippen LogP contribution in [0.2, 0.25) is 0 Å². The van der Waals surface area contributed by atoms with Gasteiger partial charge < -0.3 is 10.5 Å². The molecular weight excluding hydrogens is 224 g/mol. The van der Waals surface area contributed by atoms with Gasteiger partial charge in [-0.25, -0.2) is 14.8 Å². The molecule has 2 aromatic heterocycles. The first-order valence-electron chi connectivity index (χ1n) is 4.88. The number of carbonyl (C=O) groups is 1. The summed E-state index contributed by atoms with van der Waals surface area (Å²) in [4.78, 5) is 19.4. The summed E-state index contributed by atoms with van der Waals surface area (Å²) in [6, 6.07) is 0. The zero-order valence-electron chi connectivity index (χ0n) is 9.04. The summed E-state index contributed by atoms with van der Waals surface area (Å²) in [5.74, 6) is -0.197. The molecule has 8 heteroatoms. The Morgan fingerprint density at radius 3 is 2.94 bits per heavy atom. The minimum Gasteiger partial charge on any atom is -0.462 e. The number of H-pyrrole nitrogens is 1. The molecule has 2 heterocycles. The van der Waals surface area contributed by atoms with Gasteiger partial charge in [0.1, 0.15) is 17.1 Å². The average molecular weight is 234 g/mol. The van der Waals surface area contributed by atoms with Crippen LogP contribution in [-0.4, -0.2) is 38.0 Å². The quantitative estimate of drug-likeness (QED) is 0.718. The zero-order chi connectivity index (χ0) is 12.3. The van der Waals surface area contributed by atoms with Gasteiger partial charge in [0.05, 0.1) is 12.8 Å². The molecule has 2 rings (SSSR count). The Balaban J connectivity index is 2.32. The van der Waals surface area contributed by atoms with Crippen LogP contribution in [0.3, 0.4) is 0 Å². The fourth-order valence-corrected chi connectivity index (χ4v) is 1.19. The van der Waals surface area contributed by atoms with Crippen LogP contribution in [0.4, 0.5) is 5.82 Å². The van der Waals surface area contributed by atoms with E-state index in [1.54, 1.807) is 6.92 Å². The molecule has 0 radical (unpaired) electrons. The van der Waals surface area contributed by atoms with E-state index in [-0.39, 0.29) is 18.0 Å². The van der Waals surface area contributed by atoms with Gasteiger partial charge in [-0.1, -0.05) is 0 Å². The number of aromatic amines is 1. The topological polar surface area (TPSA) is 120 Å². The number of ether oxygens (including phenoxy) is 1. The normalized spacial score (nSPS) is 10.2. The largest absolute Gasteiger partial charge is 0.462 e. The Morgan fingerprint density at radius 2 is 2.35 bits per heavy atom. The number of rotatable bonds is 3. The molecule has 0 fully saturated rings. The van der Waals surface area contributed by atoms with Crippen LogP contribution in [-0.2, 0) is 4.74 Å². The van der Waals surface area contributed by atoms with Crippen LogP contribution in [0.1, 0.15) is 17.3 Å². The first kappa shape index (κ1) is 11.0. The average Bonchev–Trinajstić information content (AvgIpc) is 2.82. The number of hydrogen-bond donors (Lipinski definition) is 2. The Hall–Kier alpha value is -2.51. The first-order chi connectivity index (χ1) is 8.22. The number of nitrogens with zero attached hydrogens (tertiary/aromatic N) is 4. The van der Waals surface area contributed by atoms with Crippen LogP contribution in [0.5, 0.6) is 0 Å². The van der Waals surface area contributed by atoms with E-state index in [0.717, 1.165) is 0 Å². The number of aromatic nitrogens is 5. The Kier molecular flexibility index (Phi) is 2.95. The van der Waals surface area contributed by atoms with Crippen molar-refractivity contribution in [2.75, 3.05) is 12.3 Å². The van der Waals surface area contributed by atoms with E-state index in [2.05, 4.69) is 25.4 Å². The molecule has 8 nitrogen and oxygen atoms in total. The summed E-state index contributed by atoms with van der Waals surface area (Å²) < 4.78 is 4.81. The summed E-state index contributed by atoms with van der Waals surface area (Å²) in [5, 5.41) is 9.87. The number of nitrogens with one attached hydrogen (secondary N) is 1. The van der Waals surface area contributed by atoms with Gasteiger partial charge in [-0.2, -0.15) is 15.4 Å². The summed E-state index contributed by atoms with van der Waals surface area (Å²) in [5.41, 5.74) is 6.24. The lowest BCUT2D eigenvalue weighted by atomic mass is 10.3. The van der Waals surface area contributed by atoms with Gasteiger partial charge in [0.15, 0.2) is 5.82 Å². The molecular formula is C9H10N6O2. The number of anilines is 1. The van der Waals surface area contributed by atoms with Gasteiger partial charge in [-0.15, -0.1) is 0 Å². The van der Waals surface area contributed by atoms with Crippen LogP contribution < -0.4 is 5.73 Å². The summed E-state index contributed by atoms with van der Waals surface area (Å²) in [6.07, 6.45) is 2.77. The highest BCUT2D eigenvalue weighted by molar-refractivity contribution is 5.93. The van der Waals surface area contributed by atoms with E-state index < -0.39 is 5.97 Å². The van der Waals surface area contributed by atoms with E-state index in [4.69, 9.17) is 10.5 Å². The third-order valence-electron chi connectivity index (χ3n) is 1.96. The monoisotopic (exact) mass is 234 g/mol. The molecule has 0 aliphatic rings. The number of nitrogens with two attached hydrogens (primary N) is 1. The molecule has 0 spiro atoms. The SMILES string of the molecule is CCOC(=O)c1cnc(-c2cn[nH]n2)nc1N. The van der Waals surface area contributed by atoms with Gasteiger partial charge in [-0.3, -0.25) is 0 Å². The van der Waals surface area contributed by atoms with Crippen molar-refractivity contribution >= 4 is 11.8 Å². The lowest BCUT2D eigenvalue weighted by molar-refractivity contribution is 0.0527. The van der Waals surface area contributed by atoms with E-state index in [1.807, 2.05) is 0 Å². The maximum Gasteiger partial charge on any atom is 0.343 e. The number of esters is 1. The van der Waals surface area contributed by atoms with Gasteiger partial charge in [-0.05, 0) is 6.92 Å².